The third kappa shape index (κ3) is 4.86. The van der Waals surface area contributed by atoms with Crippen molar-refractivity contribution in [1.29, 1.82) is 0 Å². The van der Waals surface area contributed by atoms with E-state index in [-0.39, 0.29) is 48.2 Å². The van der Waals surface area contributed by atoms with E-state index in [0.29, 0.717) is 0 Å². The first-order valence-electron chi connectivity index (χ1n) is 11.5. The van der Waals surface area contributed by atoms with Gasteiger partial charge in [-0.1, -0.05) is 48.5 Å². The number of benzene rings is 2. The standard InChI is InChI=1S/C26H27N3O7/c1-15-20(13-28-25(35-2)23(15)29(33)34)24(31)22(30)11-12-27-26(32)36-14-21-18-9-5-3-7-16(18)17-8-4-6-10-19(17)21/h3-10,13,21-22,24,30-31H,11-12,14H2,1-2H3,(H,27,32). The number of hydrogen-bond donors (Lipinski definition) is 3. The van der Waals surface area contributed by atoms with Crippen molar-refractivity contribution >= 4 is 11.8 Å². The Kier molecular flexibility index (Phi) is 7.47. The molecule has 3 N–H and O–H groups in total. The summed E-state index contributed by atoms with van der Waals surface area (Å²) in [4.78, 5) is 26.9. The van der Waals surface area contributed by atoms with Gasteiger partial charge in [0, 0.05) is 29.8 Å². The van der Waals surface area contributed by atoms with Crippen LogP contribution < -0.4 is 10.1 Å². The van der Waals surface area contributed by atoms with Crippen LogP contribution in [-0.2, 0) is 4.74 Å². The largest absolute Gasteiger partial charge is 0.476 e. The normalized spacial score (nSPS) is 13.9. The predicted octanol–water partition coefficient (Wildman–Crippen LogP) is 3.63. The van der Waals surface area contributed by atoms with Gasteiger partial charge < -0.3 is 25.0 Å². The van der Waals surface area contributed by atoms with E-state index in [0.717, 1.165) is 22.3 Å². The van der Waals surface area contributed by atoms with Crippen LogP contribution in [0.1, 0.15) is 40.7 Å². The van der Waals surface area contributed by atoms with Crippen molar-refractivity contribution in [3.8, 4) is 17.0 Å². The summed E-state index contributed by atoms with van der Waals surface area (Å²) in [5.74, 6) is -0.253. The molecule has 4 rings (SSSR count). The molecule has 188 valence electrons. The smallest absolute Gasteiger partial charge is 0.407 e. The molecule has 1 aromatic heterocycles. The third-order valence-electron chi connectivity index (χ3n) is 6.42. The van der Waals surface area contributed by atoms with E-state index in [9.17, 15) is 25.1 Å². The summed E-state index contributed by atoms with van der Waals surface area (Å²) in [6, 6.07) is 16.0. The maximum Gasteiger partial charge on any atom is 0.407 e. The second-order valence-electron chi connectivity index (χ2n) is 8.51. The van der Waals surface area contributed by atoms with Crippen molar-refractivity contribution in [2.75, 3.05) is 20.3 Å². The summed E-state index contributed by atoms with van der Waals surface area (Å²) in [5, 5.41) is 34.9. The van der Waals surface area contributed by atoms with Gasteiger partial charge in [-0.25, -0.2) is 9.78 Å². The quantitative estimate of drug-likeness (QED) is 0.303. The topological polar surface area (TPSA) is 144 Å². The summed E-state index contributed by atoms with van der Waals surface area (Å²) < 4.78 is 10.4. The number of aromatic nitrogens is 1. The number of rotatable bonds is 9. The Morgan fingerprint density at radius 3 is 2.33 bits per heavy atom. The van der Waals surface area contributed by atoms with Crippen molar-refractivity contribution in [3.05, 3.63) is 87.1 Å². The van der Waals surface area contributed by atoms with Crippen molar-refractivity contribution < 1.29 is 29.4 Å². The minimum absolute atomic E-state index is 0.00930. The SMILES string of the molecule is COc1ncc(C(O)C(O)CCNC(=O)OCC2c3ccccc3-c3ccccc32)c(C)c1[N+](=O)[O-]. The highest BCUT2D eigenvalue weighted by molar-refractivity contribution is 5.79. The van der Waals surface area contributed by atoms with Gasteiger partial charge >= 0.3 is 11.8 Å². The highest BCUT2D eigenvalue weighted by atomic mass is 16.6. The molecule has 3 aromatic rings. The Morgan fingerprint density at radius 2 is 1.75 bits per heavy atom. The lowest BCUT2D eigenvalue weighted by Crippen LogP contribution is -2.31. The van der Waals surface area contributed by atoms with E-state index in [1.807, 2.05) is 36.4 Å². The average Bonchev–Trinajstić information content (AvgIpc) is 3.20. The summed E-state index contributed by atoms with van der Waals surface area (Å²) in [7, 11) is 1.26. The molecule has 2 unspecified atom stereocenters. The number of aliphatic hydroxyl groups excluding tert-OH is 2. The fourth-order valence-corrected chi connectivity index (χ4v) is 4.58. The molecule has 1 heterocycles. The maximum absolute atomic E-state index is 12.3. The van der Waals surface area contributed by atoms with Crippen LogP contribution >= 0.6 is 0 Å². The molecule has 0 saturated carbocycles. The molecule has 0 fully saturated rings. The van der Waals surface area contributed by atoms with Crippen LogP contribution in [-0.4, -0.2) is 52.6 Å². The lowest BCUT2D eigenvalue weighted by molar-refractivity contribution is -0.386. The molecule has 0 saturated heterocycles. The monoisotopic (exact) mass is 493 g/mol. The number of alkyl carbamates (subject to hydrolysis) is 1. The highest BCUT2D eigenvalue weighted by Gasteiger charge is 2.30. The third-order valence-corrected chi connectivity index (χ3v) is 6.42. The fraction of sp³-hybridized carbons (Fsp3) is 0.308. The zero-order chi connectivity index (χ0) is 25.8. The van der Waals surface area contributed by atoms with Crippen LogP contribution in [0.25, 0.3) is 11.1 Å². The average molecular weight is 494 g/mol. The number of aliphatic hydroxyl groups is 2. The van der Waals surface area contributed by atoms with Crippen LogP contribution in [0.2, 0.25) is 0 Å². The van der Waals surface area contributed by atoms with Gasteiger partial charge in [0.25, 0.3) is 5.88 Å². The van der Waals surface area contributed by atoms with Gasteiger partial charge in [-0.3, -0.25) is 10.1 Å². The number of hydrogen-bond acceptors (Lipinski definition) is 8. The Morgan fingerprint density at radius 1 is 1.14 bits per heavy atom. The zero-order valence-electron chi connectivity index (χ0n) is 19.9. The number of pyridine rings is 1. The van der Waals surface area contributed by atoms with E-state index >= 15 is 0 Å². The first-order valence-corrected chi connectivity index (χ1v) is 11.5. The fourth-order valence-electron chi connectivity index (χ4n) is 4.58. The Hall–Kier alpha value is -4.02. The second kappa shape index (κ2) is 10.7. The minimum atomic E-state index is -1.44. The number of ether oxygens (including phenoxy) is 2. The molecule has 0 aliphatic heterocycles. The van der Waals surface area contributed by atoms with E-state index < -0.39 is 23.2 Å². The molecule has 2 aromatic carbocycles. The van der Waals surface area contributed by atoms with E-state index in [1.54, 1.807) is 0 Å². The molecule has 0 radical (unpaired) electrons. The van der Waals surface area contributed by atoms with Gasteiger partial charge in [-0.2, -0.15) is 0 Å². The zero-order valence-corrected chi connectivity index (χ0v) is 19.9. The number of nitrogens with zero attached hydrogens (tertiary/aromatic N) is 2. The first-order chi connectivity index (χ1) is 17.3. The van der Waals surface area contributed by atoms with Gasteiger partial charge in [-0.05, 0) is 35.6 Å². The van der Waals surface area contributed by atoms with Gasteiger partial charge in [0.2, 0.25) is 0 Å². The van der Waals surface area contributed by atoms with Crippen molar-refractivity contribution in [2.24, 2.45) is 0 Å². The number of carbonyl (C=O) groups is 1. The molecule has 0 bridgehead atoms. The maximum atomic E-state index is 12.3. The summed E-state index contributed by atoms with van der Waals surface area (Å²) in [6.45, 7) is 1.63. The lowest BCUT2D eigenvalue weighted by Gasteiger charge is -2.20. The summed E-state index contributed by atoms with van der Waals surface area (Å²) in [5.41, 5.74) is 4.33. The Bertz CT molecular complexity index is 1230. The number of nitrogens with one attached hydrogen (secondary N) is 1. The molecule has 2 atom stereocenters. The Balaban J connectivity index is 1.32. The molecule has 1 amide bonds. The van der Waals surface area contributed by atoms with Gasteiger partial charge in [0.1, 0.15) is 12.7 Å². The number of carbonyl (C=O) groups excluding carboxylic acids is 1. The number of nitro groups is 1. The summed E-state index contributed by atoms with van der Waals surface area (Å²) in [6.07, 6.45) is -2.16. The van der Waals surface area contributed by atoms with E-state index in [2.05, 4.69) is 22.4 Å². The number of fused-ring (bicyclic) bond motifs is 3. The van der Waals surface area contributed by atoms with Crippen LogP contribution in [0, 0.1) is 17.0 Å². The van der Waals surface area contributed by atoms with Crippen molar-refractivity contribution in [3.63, 3.8) is 0 Å². The summed E-state index contributed by atoms with van der Waals surface area (Å²) >= 11 is 0. The Labute approximate surface area is 207 Å². The van der Waals surface area contributed by atoms with Crippen LogP contribution in [0.5, 0.6) is 5.88 Å². The molecule has 10 nitrogen and oxygen atoms in total. The highest BCUT2D eigenvalue weighted by Crippen LogP contribution is 2.44. The van der Waals surface area contributed by atoms with Crippen molar-refractivity contribution in [1.82, 2.24) is 10.3 Å². The van der Waals surface area contributed by atoms with Crippen LogP contribution in [0.15, 0.2) is 54.7 Å². The second-order valence-corrected chi connectivity index (χ2v) is 8.51. The van der Waals surface area contributed by atoms with E-state index in [4.69, 9.17) is 9.47 Å². The van der Waals surface area contributed by atoms with E-state index in [1.165, 1.54) is 20.2 Å². The molecule has 0 spiro atoms. The first kappa shape index (κ1) is 25.1. The number of methoxy groups -OCH3 is 1. The van der Waals surface area contributed by atoms with Crippen LogP contribution in [0.4, 0.5) is 10.5 Å². The van der Waals surface area contributed by atoms with Crippen LogP contribution in [0.3, 0.4) is 0 Å². The van der Waals surface area contributed by atoms with Gasteiger partial charge in [0.15, 0.2) is 0 Å². The molecule has 10 heteroatoms. The molecule has 1 aliphatic carbocycles. The molecule has 1 aliphatic rings. The van der Waals surface area contributed by atoms with Gasteiger partial charge in [-0.15, -0.1) is 0 Å². The minimum Gasteiger partial charge on any atom is -0.476 e. The number of amides is 1. The van der Waals surface area contributed by atoms with Crippen molar-refractivity contribution in [2.45, 2.75) is 31.5 Å². The van der Waals surface area contributed by atoms with Gasteiger partial charge in [0.05, 0.1) is 18.1 Å². The molecule has 36 heavy (non-hydrogen) atoms. The molecular weight excluding hydrogens is 466 g/mol. The molecular formula is C26H27N3O7. The predicted molar refractivity (Wildman–Crippen MR) is 131 cm³/mol. The lowest BCUT2D eigenvalue weighted by atomic mass is 9.98.